The highest BCUT2D eigenvalue weighted by molar-refractivity contribution is 7.09. The van der Waals surface area contributed by atoms with Gasteiger partial charge in [0, 0.05) is 18.6 Å². The molecule has 2 fully saturated rings. The van der Waals surface area contributed by atoms with Gasteiger partial charge in [-0.1, -0.05) is 56.7 Å². The van der Waals surface area contributed by atoms with Crippen molar-refractivity contribution < 1.29 is 28.2 Å². The first kappa shape index (κ1) is 30.8. The average molecular weight is 636 g/mol. The average Bonchev–Trinajstić information content (AvgIpc) is 3.68. The minimum atomic E-state index is -1.12. The van der Waals surface area contributed by atoms with Gasteiger partial charge in [0.15, 0.2) is 17.2 Å². The molecular weight excluding hydrogens is 597 g/mol. The second-order valence-electron chi connectivity index (χ2n) is 12.0. The molecule has 3 aliphatic rings. The topological polar surface area (TPSA) is 136 Å². The molecular formula is C33H38FN5O5S. The van der Waals surface area contributed by atoms with Crippen LogP contribution in [0.2, 0.25) is 0 Å². The summed E-state index contributed by atoms with van der Waals surface area (Å²) in [6, 6.07) is 9.79. The summed E-state index contributed by atoms with van der Waals surface area (Å²) in [5.74, 6) is -0.694. The number of hydrogen-bond donors (Lipinski definition) is 3. The molecule has 1 aromatic heterocycles. The van der Waals surface area contributed by atoms with Crippen molar-refractivity contribution >= 4 is 34.9 Å². The Kier molecular flexibility index (Phi) is 9.48. The summed E-state index contributed by atoms with van der Waals surface area (Å²) in [7, 11) is 0. The number of nitrogen functional groups attached to an aromatic ring is 1. The minimum absolute atomic E-state index is 0.00180. The van der Waals surface area contributed by atoms with Gasteiger partial charge in [0.2, 0.25) is 12.7 Å². The maximum Gasteiger partial charge on any atom is 0.273 e. The monoisotopic (exact) mass is 635 g/mol. The summed E-state index contributed by atoms with van der Waals surface area (Å²) in [5.41, 5.74) is 7.55. The van der Waals surface area contributed by atoms with Gasteiger partial charge >= 0.3 is 0 Å². The maximum absolute atomic E-state index is 14.5. The molecule has 1 aliphatic heterocycles. The predicted molar refractivity (Wildman–Crippen MR) is 167 cm³/mol. The molecule has 2 aromatic carbocycles. The molecule has 3 aromatic rings. The Hall–Kier alpha value is -4.19. The van der Waals surface area contributed by atoms with Crippen molar-refractivity contribution in [2.24, 2.45) is 0 Å². The highest BCUT2D eigenvalue weighted by atomic mass is 32.1. The fourth-order valence-electron chi connectivity index (χ4n) is 6.41. The van der Waals surface area contributed by atoms with Gasteiger partial charge in [-0.3, -0.25) is 14.4 Å². The quantitative estimate of drug-likeness (QED) is 0.283. The zero-order chi connectivity index (χ0) is 31.3. The largest absolute Gasteiger partial charge is 0.454 e. The van der Waals surface area contributed by atoms with Crippen molar-refractivity contribution in [1.29, 1.82) is 0 Å². The van der Waals surface area contributed by atoms with E-state index in [1.165, 1.54) is 29.2 Å². The van der Waals surface area contributed by atoms with E-state index in [1.54, 1.807) is 18.2 Å². The van der Waals surface area contributed by atoms with E-state index in [9.17, 15) is 18.8 Å². The van der Waals surface area contributed by atoms with E-state index in [4.69, 9.17) is 15.2 Å². The molecule has 0 unspecified atom stereocenters. The fraction of sp³-hybridized carbons (Fsp3) is 0.455. The van der Waals surface area contributed by atoms with Crippen molar-refractivity contribution in [3.8, 4) is 11.5 Å². The van der Waals surface area contributed by atoms with Gasteiger partial charge in [0.05, 0.1) is 5.69 Å². The molecule has 12 heteroatoms. The number of carbonyl (C=O) groups is 3. The third-order valence-electron chi connectivity index (χ3n) is 8.83. The van der Waals surface area contributed by atoms with Crippen molar-refractivity contribution in [3.63, 3.8) is 0 Å². The summed E-state index contributed by atoms with van der Waals surface area (Å²) < 4.78 is 29.4. The van der Waals surface area contributed by atoms with Gasteiger partial charge in [-0.2, -0.15) is 4.37 Å². The van der Waals surface area contributed by atoms with Gasteiger partial charge in [0.1, 0.15) is 16.7 Å². The summed E-state index contributed by atoms with van der Waals surface area (Å²) in [4.78, 5) is 43.2. The zero-order valence-electron chi connectivity index (χ0n) is 25.1. The van der Waals surface area contributed by atoms with Crippen LogP contribution in [0.5, 0.6) is 11.5 Å². The Morgan fingerprint density at radius 1 is 0.911 bits per heavy atom. The molecule has 0 spiro atoms. The molecule has 45 heavy (non-hydrogen) atoms. The molecule has 3 amide bonds. The van der Waals surface area contributed by atoms with Gasteiger partial charge in [0.25, 0.3) is 11.8 Å². The van der Waals surface area contributed by atoms with E-state index in [0.717, 1.165) is 75.7 Å². The van der Waals surface area contributed by atoms with Crippen LogP contribution in [0.4, 0.5) is 10.1 Å². The number of carbonyl (C=O) groups excluding carboxylic acids is 3. The molecule has 0 saturated heterocycles. The van der Waals surface area contributed by atoms with Crippen molar-refractivity contribution in [2.75, 3.05) is 12.5 Å². The van der Waals surface area contributed by atoms with Crippen molar-refractivity contribution in [2.45, 2.75) is 88.9 Å². The maximum atomic E-state index is 14.5. The first-order valence-electron chi connectivity index (χ1n) is 15.7. The number of rotatable bonds is 9. The van der Waals surface area contributed by atoms with Gasteiger partial charge in [-0.15, -0.1) is 0 Å². The highest BCUT2D eigenvalue weighted by Gasteiger charge is 2.36. The molecule has 0 bridgehead atoms. The second-order valence-corrected chi connectivity index (χ2v) is 12.8. The third kappa shape index (κ3) is 7.06. The van der Waals surface area contributed by atoms with E-state index in [0.29, 0.717) is 22.6 Å². The van der Waals surface area contributed by atoms with Crippen LogP contribution in [0.1, 0.15) is 102 Å². The Labute approximate surface area is 265 Å². The summed E-state index contributed by atoms with van der Waals surface area (Å²) in [5, 5.41) is 6.16. The number of nitrogens with zero attached hydrogens (tertiary/aromatic N) is 2. The van der Waals surface area contributed by atoms with Gasteiger partial charge in [-0.25, -0.2) is 4.39 Å². The predicted octanol–water partition coefficient (Wildman–Crippen LogP) is 5.49. The molecule has 0 radical (unpaired) electrons. The van der Waals surface area contributed by atoms with Gasteiger partial charge < -0.3 is 30.7 Å². The summed E-state index contributed by atoms with van der Waals surface area (Å²) in [6.07, 6.45) is 9.84. The lowest BCUT2D eigenvalue weighted by Crippen LogP contribution is -2.46. The number of halogens is 1. The third-order valence-corrected chi connectivity index (χ3v) is 9.68. The van der Waals surface area contributed by atoms with Crippen LogP contribution in [0.15, 0.2) is 42.5 Å². The smallest absolute Gasteiger partial charge is 0.273 e. The van der Waals surface area contributed by atoms with Crippen LogP contribution >= 0.6 is 11.5 Å². The van der Waals surface area contributed by atoms with E-state index >= 15 is 0 Å². The molecule has 10 nitrogen and oxygen atoms in total. The molecule has 2 aliphatic carbocycles. The lowest BCUT2D eigenvalue weighted by Gasteiger charge is -2.33. The van der Waals surface area contributed by atoms with Crippen LogP contribution in [-0.2, 0) is 11.3 Å². The number of benzene rings is 2. The second kappa shape index (κ2) is 13.8. The number of nitrogens with two attached hydrogens (primary N) is 1. The molecule has 1 atom stereocenters. The first-order valence-corrected chi connectivity index (χ1v) is 16.5. The van der Waals surface area contributed by atoms with Gasteiger partial charge in [-0.05, 0) is 72.6 Å². The van der Waals surface area contributed by atoms with Crippen molar-refractivity contribution in [1.82, 2.24) is 19.9 Å². The minimum Gasteiger partial charge on any atom is -0.454 e. The number of hydrogen-bond acceptors (Lipinski definition) is 8. The number of aromatic nitrogens is 1. The highest BCUT2D eigenvalue weighted by Crippen LogP contribution is 2.35. The van der Waals surface area contributed by atoms with Crippen molar-refractivity contribution in [3.05, 3.63) is 70.0 Å². The number of amides is 3. The SMILES string of the molecule is Nc1c(C(=O)NC2CCCCC2)nsc1C(=O)N(Cc1ccc2c(c1)OCO2)[C@@H](C(=O)NC1CCCCC1)c1ccc(F)cc1. The van der Waals surface area contributed by atoms with E-state index < -0.39 is 23.7 Å². The molecule has 2 heterocycles. The lowest BCUT2D eigenvalue weighted by atomic mass is 9.94. The summed E-state index contributed by atoms with van der Waals surface area (Å²) >= 11 is 0.833. The van der Waals surface area contributed by atoms with E-state index in [-0.39, 0.29) is 47.6 Å². The Morgan fingerprint density at radius 3 is 2.24 bits per heavy atom. The fourth-order valence-corrected chi connectivity index (χ4v) is 7.16. The molecule has 6 rings (SSSR count). The van der Waals surface area contributed by atoms with E-state index in [2.05, 4.69) is 15.0 Å². The summed E-state index contributed by atoms with van der Waals surface area (Å²) in [6.45, 7) is 0.0864. The zero-order valence-corrected chi connectivity index (χ0v) is 25.9. The normalized spacial score (nSPS) is 17.4. The molecule has 2 saturated carbocycles. The Bertz CT molecular complexity index is 1530. The lowest BCUT2D eigenvalue weighted by molar-refractivity contribution is -0.127. The molecule has 4 N–H and O–H groups in total. The number of nitrogens with one attached hydrogen (secondary N) is 2. The Morgan fingerprint density at radius 2 is 1.56 bits per heavy atom. The van der Waals surface area contributed by atoms with Crippen LogP contribution in [0, 0.1) is 5.82 Å². The van der Waals surface area contributed by atoms with Crippen LogP contribution < -0.4 is 25.8 Å². The number of fused-ring (bicyclic) bond motifs is 1. The van der Waals surface area contributed by atoms with Crippen LogP contribution in [0.25, 0.3) is 0 Å². The number of ether oxygens (including phenoxy) is 2. The van der Waals surface area contributed by atoms with E-state index in [1.807, 2.05) is 0 Å². The molecule has 238 valence electrons. The first-order chi connectivity index (χ1) is 21.9. The number of anilines is 1. The van der Waals surface area contributed by atoms with Crippen LogP contribution in [0.3, 0.4) is 0 Å². The van der Waals surface area contributed by atoms with Crippen LogP contribution in [-0.4, -0.2) is 45.9 Å². The standard InChI is InChI=1S/C33H38FN5O5S/c34-22-14-12-21(13-15-22)29(32(41)37-24-9-5-2-6-10-24)39(18-20-11-16-25-26(17-20)44-19-43-25)33(42)30-27(35)28(38-45-30)31(40)36-23-7-3-1-4-8-23/h11-17,23-24,29H,1-10,18-19,35H2,(H,36,40)(H,37,41)/t29-/m1/s1. The Balaban J connectivity index is 1.35.